The van der Waals surface area contributed by atoms with Gasteiger partial charge < -0.3 is 10.2 Å². The summed E-state index contributed by atoms with van der Waals surface area (Å²) in [6, 6.07) is 7.84. The van der Waals surface area contributed by atoms with Crippen molar-refractivity contribution in [3.8, 4) is 0 Å². The van der Waals surface area contributed by atoms with E-state index in [4.69, 9.17) is 0 Å². The van der Waals surface area contributed by atoms with Gasteiger partial charge in [0.05, 0.1) is 0 Å². The Morgan fingerprint density at radius 3 is 1.95 bits per heavy atom. The van der Waals surface area contributed by atoms with Crippen molar-refractivity contribution < 1.29 is 0 Å². The van der Waals surface area contributed by atoms with Gasteiger partial charge in [0.1, 0.15) is 0 Å². The number of benzene rings is 1. The Labute approximate surface area is 131 Å². The van der Waals surface area contributed by atoms with Crippen LogP contribution in [-0.2, 0) is 0 Å². The standard InChI is InChI=1S/C19H34N2/c1-8-17(9-2)19(21(6)7)13-20-16(5)18-11-14(3)10-15(4)12-18/h10-12,16-17,19-20H,8-9,13H2,1-7H3. The van der Waals surface area contributed by atoms with E-state index in [0.717, 1.165) is 12.5 Å². The largest absolute Gasteiger partial charge is 0.309 e. The molecule has 0 saturated heterocycles. The second-order valence-electron chi connectivity index (χ2n) is 6.66. The van der Waals surface area contributed by atoms with E-state index >= 15 is 0 Å². The number of rotatable bonds is 8. The van der Waals surface area contributed by atoms with Crippen LogP contribution in [0.25, 0.3) is 0 Å². The summed E-state index contributed by atoms with van der Waals surface area (Å²) >= 11 is 0. The highest BCUT2D eigenvalue weighted by Crippen LogP contribution is 2.20. The summed E-state index contributed by atoms with van der Waals surface area (Å²) in [5.74, 6) is 0.763. The lowest BCUT2D eigenvalue weighted by atomic mass is 9.92. The van der Waals surface area contributed by atoms with Gasteiger partial charge in [-0.1, -0.05) is 56.0 Å². The maximum absolute atomic E-state index is 3.74. The molecule has 1 aromatic rings. The van der Waals surface area contributed by atoms with Gasteiger partial charge in [0.25, 0.3) is 0 Å². The number of nitrogens with one attached hydrogen (secondary N) is 1. The van der Waals surface area contributed by atoms with Gasteiger partial charge in [-0.05, 0) is 46.3 Å². The van der Waals surface area contributed by atoms with E-state index in [2.05, 4.69) is 77.1 Å². The van der Waals surface area contributed by atoms with E-state index in [0.29, 0.717) is 12.1 Å². The summed E-state index contributed by atoms with van der Waals surface area (Å²) in [6.07, 6.45) is 2.50. The Hall–Kier alpha value is -0.860. The number of hydrogen-bond acceptors (Lipinski definition) is 2. The van der Waals surface area contributed by atoms with Crippen LogP contribution < -0.4 is 5.32 Å². The molecule has 0 aromatic heterocycles. The first kappa shape index (κ1) is 18.2. The Morgan fingerprint density at radius 1 is 1.00 bits per heavy atom. The molecule has 0 amide bonds. The average molecular weight is 290 g/mol. The van der Waals surface area contributed by atoms with Gasteiger partial charge in [-0.2, -0.15) is 0 Å². The number of hydrogen-bond donors (Lipinski definition) is 1. The van der Waals surface area contributed by atoms with Crippen LogP contribution >= 0.6 is 0 Å². The van der Waals surface area contributed by atoms with Crippen LogP contribution in [0.2, 0.25) is 0 Å². The molecule has 2 heteroatoms. The van der Waals surface area contributed by atoms with Gasteiger partial charge in [-0.15, -0.1) is 0 Å². The van der Waals surface area contributed by atoms with Crippen LogP contribution in [0.3, 0.4) is 0 Å². The predicted octanol–water partition coefficient (Wildman–Crippen LogP) is 4.32. The minimum atomic E-state index is 0.403. The molecule has 2 atom stereocenters. The van der Waals surface area contributed by atoms with Gasteiger partial charge in [0.15, 0.2) is 0 Å². The fourth-order valence-electron chi connectivity index (χ4n) is 3.28. The smallest absolute Gasteiger partial charge is 0.0292 e. The summed E-state index contributed by atoms with van der Waals surface area (Å²) < 4.78 is 0. The first-order chi connectivity index (χ1) is 9.88. The Bertz CT molecular complexity index is 401. The van der Waals surface area contributed by atoms with Crippen molar-refractivity contribution in [2.75, 3.05) is 20.6 Å². The first-order valence-electron chi connectivity index (χ1n) is 8.37. The number of aryl methyl sites for hydroxylation is 2. The van der Waals surface area contributed by atoms with Gasteiger partial charge in [-0.3, -0.25) is 0 Å². The van der Waals surface area contributed by atoms with Gasteiger partial charge in [0.2, 0.25) is 0 Å². The molecule has 1 N–H and O–H groups in total. The predicted molar refractivity (Wildman–Crippen MR) is 93.9 cm³/mol. The molecular formula is C19H34N2. The summed E-state index contributed by atoms with van der Waals surface area (Å²) in [5.41, 5.74) is 4.10. The lowest BCUT2D eigenvalue weighted by molar-refractivity contribution is 0.190. The van der Waals surface area contributed by atoms with Crippen LogP contribution in [0.5, 0.6) is 0 Å². The second kappa shape index (κ2) is 8.55. The van der Waals surface area contributed by atoms with Crippen LogP contribution in [0.1, 0.15) is 56.3 Å². The summed E-state index contributed by atoms with van der Waals surface area (Å²) in [7, 11) is 4.40. The third kappa shape index (κ3) is 5.44. The minimum Gasteiger partial charge on any atom is -0.309 e. The normalized spacial score (nSPS) is 14.7. The van der Waals surface area contributed by atoms with E-state index in [9.17, 15) is 0 Å². The molecular weight excluding hydrogens is 256 g/mol. The molecule has 0 radical (unpaired) electrons. The molecule has 21 heavy (non-hydrogen) atoms. The minimum absolute atomic E-state index is 0.403. The van der Waals surface area contributed by atoms with Crippen molar-refractivity contribution in [1.82, 2.24) is 10.2 Å². The number of likely N-dealkylation sites (N-methyl/N-ethyl adjacent to an activating group) is 1. The number of nitrogens with zero attached hydrogens (tertiary/aromatic N) is 1. The first-order valence-corrected chi connectivity index (χ1v) is 8.37. The van der Waals surface area contributed by atoms with Crippen LogP contribution in [0.4, 0.5) is 0 Å². The Morgan fingerprint density at radius 2 is 1.52 bits per heavy atom. The maximum atomic E-state index is 3.74. The SMILES string of the molecule is CCC(CC)C(CNC(C)c1cc(C)cc(C)c1)N(C)C. The highest BCUT2D eigenvalue weighted by Gasteiger charge is 2.21. The molecule has 2 nitrogen and oxygen atoms in total. The Kier molecular flexibility index (Phi) is 7.41. The second-order valence-corrected chi connectivity index (χ2v) is 6.66. The Balaban J connectivity index is 2.70. The van der Waals surface area contributed by atoms with Gasteiger partial charge >= 0.3 is 0 Å². The van der Waals surface area contributed by atoms with E-state index < -0.39 is 0 Å². The molecule has 1 aromatic carbocycles. The van der Waals surface area contributed by atoms with E-state index in [1.165, 1.54) is 29.5 Å². The third-order valence-electron chi connectivity index (χ3n) is 4.63. The van der Waals surface area contributed by atoms with Gasteiger partial charge in [-0.25, -0.2) is 0 Å². The summed E-state index contributed by atoms with van der Waals surface area (Å²) in [5, 5.41) is 3.74. The lowest BCUT2D eigenvalue weighted by Crippen LogP contribution is -2.43. The molecule has 0 aliphatic rings. The van der Waals surface area contributed by atoms with E-state index in [1.807, 2.05) is 0 Å². The van der Waals surface area contributed by atoms with E-state index in [-0.39, 0.29) is 0 Å². The molecule has 0 bridgehead atoms. The van der Waals surface area contributed by atoms with Crippen molar-refractivity contribution in [2.45, 2.75) is 59.5 Å². The van der Waals surface area contributed by atoms with Crippen molar-refractivity contribution in [2.24, 2.45) is 5.92 Å². The van der Waals surface area contributed by atoms with Crippen LogP contribution in [0, 0.1) is 19.8 Å². The molecule has 0 saturated carbocycles. The monoisotopic (exact) mass is 290 g/mol. The molecule has 2 unspecified atom stereocenters. The highest BCUT2D eigenvalue weighted by atomic mass is 15.1. The summed E-state index contributed by atoms with van der Waals surface area (Å²) in [4.78, 5) is 2.37. The van der Waals surface area contributed by atoms with Crippen molar-refractivity contribution >= 4 is 0 Å². The zero-order chi connectivity index (χ0) is 16.0. The summed E-state index contributed by atoms with van der Waals surface area (Å²) in [6.45, 7) is 12.3. The van der Waals surface area contributed by atoms with Gasteiger partial charge in [0, 0.05) is 18.6 Å². The topological polar surface area (TPSA) is 15.3 Å². The molecule has 1 rings (SSSR count). The van der Waals surface area contributed by atoms with Crippen LogP contribution in [-0.4, -0.2) is 31.6 Å². The average Bonchev–Trinajstić information content (AvgIpc) is 2.41. The quantitative estimate of drug-likeness (QED) is 0.767. The zero-order valence-electron chi connectivity index (χ0n) is 15.0. The third-order valence-corrected chi connectivity index (χ3v) is 4.63. The molecule has 0 aliphatic carbocycles. The van der Waals surface area contributed by atoms with Crippen molar-refractivity contribution in [3.63, 3.8) is 0 Å². The van der Waals surface area contributed by atoms with E-state index in [1.54, 1.807) is 0 Å². The molecule has 0 heterocycles. The lowest BCUT2D eigenvalue weighted by Gasteiger charge is -2.32. The molecule has 120 valence electrons. The van der Waals surface area contributed by atoms with Crippen molar-refractivity contribution in [3.05, 3.63) is 34.9 Å². The van der Waals surface area contributed by atoms with Crippen LogP contribution in [0.15, 0.2) is 18.2 Å². The molecule has 0 spiro atoms. The highest BCUT2D eigenvalue weighted by molar-refractivity contribution is 5.30. The molecule has 0 fully saturated rings. The maximum Gasteiger partial charge on any atom is 0.0292 e. The fraction of sp³-hybridized carbons (Fsp3) is 0.684. The van der Waals surface area contributed by atoms with Crippen molar-refractivity contribution in [1.29, 1.82) is 0 Å². The molecule has 0 aliphatic heterocycles. The zero-order valence-corrected chi connectivity index (χ0v) is 15.0. The fourth-order valence-corrected chi connectivity index (χ4v) is 3.28.